The van der Waals surface area contributed by atoms with Gasteiger partial charge < -0.3 is 11.5 Å². The Morgan fingerprint density at radius 3 is 2.83 bits per heavy atom. The molecule has 2 rings (SSSR count). The lowest BCUT2D eigenvalue weighted by atomic mass is 9.89. The Kier molecular flexibility index (Phi) is 3.50. The highest BCUT2D eigenvalue weighted by atomic mass is 35.5. The molecule has 1 heterocycles. The zero-order chi connectivity index (χ0) is 13.3. The van der Waals surface area contributed by atoms with Gasteiger partial charge in [-0.1, -0.05) is 17.7 Å². The van der Waals surface area contributed by atoms with Crippen molar-refractivity contribution in [1.29, 1.82) is 0 Å². The number of nitrogens with zero attached hydrogens (tertiary/aromatic N) is 1. The monoisotopic (exact) mass is 267 g/mol. The molecule has 1 aliphatic rings. The minimum Gasteiger partial charge on any atom is -0.398 e. The minimum atomic E-state index is -0.435. The number of halogens is 1. The Hall–Kier alpha value is -1.26. The van der Waals surface area contributed by atoms with Gasteiger partial charge >= 0.3 is 0 Å². The number of nitrogens with two attached hydrogens (primary N) is 2. The number of likely N-dealkylation sites (tertiary alicyclic amines) is 1. The number of hydrogen-bond acceptors (Lipinski definition) is 3. The lowest BCUT2D eigenvalue weighted by Gasteiger charge is -2.21. The van der Waals surface area contributed by atoms with Crippen LogP contribution in [-0.2, 0) is 11.3 Å². The van der Waals surface area contributed by atoms with E-state index in [1.54, 1.807) is 0 Å². The summed E-state index contributed by atoms with van der Waals surface area (Å²) in [6.45, 7) is 4.07. The summed E-state index contributed by atoms with van der Waals surface area (Å²) in [7, 11) is 0. The standard InChI is InChI=1S/C13H18ClN3O/c1-13(12(16)18)5-6-17(8-13)7-9-10(14)3-2-4-11(9)15/h2-4H,5-8,15H2,1H3,(H2,16,18). The predicted molar refractivity (Wildman–Crippen MR) is 73.1 cm³/mol. The number of carbonyl (C=O) groups is 1. The summed E-state index contributed by atoms with van der Waals surface area (Å²) in [6.07, 6.45) is 0.784. The zero-order valence-electron chi connectivity index (χ0n) is 10.4. The third-order valence-electron chi connectivity index (χ3n) is 3.68. The fourth-order valence-corrected chi connectivity index (χ4v) is 2.60. The average molecular weight is 268 g/mol. The number of benzene rings is 1. The number of rotatable bonds is 3. The van der Waals surface area contributed by atoms with Crippen LogP contribution in [0.1, 0.15) is 18.9 Å². The van der Waals surface area contributed by atoms with Gasteiger partial charge in [-0.15, -0.1) is 0 Å². The molecular formula is C13H18ClN3O. The van der Waals surface area contributed by atoms with E-state index in [1.807, 2.05) is 25.1 Å². The molecule has 1 fully saturated rings. The molecule has 4 nitrogen and oxygen atoms in total. The number of hydrogen-bond donors (Lipinski definition) is 2. The molecule has 98 valence electrons. The van der Waals surface area contributed by atoms with Crippen LogP contribution in [0.15, 0.2) is 18.2 Å². The van der Waals surface area contributed by atoms with E-state index in [-0.39, 0.29) is 5.91 Å². The van der Waals surface area contributed by atoms with Crippen molar-refractivity contribution < 1.29 is 4.79 Å². The molecule has 0 radical (unpaired) electrons. The Labute approximate surface area is 112 Å². The van der Waals surface area contributed by atoms with Gasteiger partial charge in [0.1, 0.15) is 0 Å². The van der Waals surface area contributed by atoms with Crippen molar-refractivity contribution in [2.75, 3.05) is 18.8 Å². The highest BCUT2D eigenvalue weighted by Gasteiger charge is 2.38. The highest BCUT2D eigenvalue weighted by Crippen LogP contribution is 2.32. The average Bonchev–Trinajstić information content (AvgIpc) is 2.67. The predicted octanol–water partition coefficient (Wildman–Crippen LogP) is 1.62. The van der Waals surface area contributed by atoms with Crippen LogP contribution in [0.2, 0.25) is 5.02 Å². The molecule has 4 N–H and O–H groups in total. The van der Waals surface area contributed by atoms with E-state index in [2.05, 4.69) is 4.90 Å². The number of carbonyl (C=O) groups excluding carboxylic acids is 1. The van der Waals surface area contributed by atoms with Crippen molar-refractivity contribution in [3.63, 3.8) is 0 Å². The van der Waals surface area contributed by atoms with E-state index < -0.39 is 5.41 Å². The second-order valence-corrected chi connectivity index (χ2v) is 5.60. The van der Waals surface area contributed by atoms with Crippen LogP contribution in [0.4, 0.5) is 5.69 Å². The van der Waals surface area contributed by atoms with Crippen molar-refractivity contribution >= 4 is 23.2 Å². The van der Waals surface area contributed by atoms with Crippen molar-refractivity contribution in [1.82, 2.24) is 4.90 Å². The topological polar surface area (TPSA) is 72.4 Å². The summed E-state index contributed by atoms with van der Waals surface area (Å²) in [5.41, 5.74) is 12.5. The molecule has 18 heavy (non-hydrogen) atoms. The quantitative estimate of drug-likeness (QED) is 0.818. The largest absolute Gasteiger partial charge is 0.398 e. The summed E-state index contributed by atoms with van der Waals surface area (Å²) < 4.78 is 0. The molecule has 1 aromatic carbocycles. The Morgan fingerprint density at radius 2 is 2.28 bits per heavy atom. The van der Waals surface area contributed by atoms with E-state index in [4.69, 9.17) is 23.1 Å². The molecule has 1 atom stereocenters. The molecular weight excluding hydrogens is 250 g/mol. The van der Waals surface area contributed by atoms with Gasteiger partial charge in [-0.3, -0.25) is 9.69 Å². The van der Waals surface area contributed by atoms with E-state index >= 15 is 0 Å². The second kappa shape index (κ2) is 4.78. The van der Waals surface area contributed by atoms with Gasteiger partial charge in [0.05, 0.1) is 5.41 Å². The van der Waals surface area contributed by atoms with Gasteiger partial charge in [-0.2, -0.15) is 0 Å². The zero-order valence-corrected chi connectivity index (χ0v) is 11.2. The minimum absolute atomic E-state index is 0.239. The van der Waals surface area contributed by atoms with Crippen LogP contribution in [-0.4, -0.2) is 23.9 Å². The van der Waals surface area contributed by atoms with Crippen molar-refractivity contribution in [3.05, 3.63) is 28.8 Å². The van der Waals surface area contributed by atoms with Gasteiger partial charge in [0.2, 0.25) is 5.91 Å². The first-order valence-corrected chi connectivity index (χ1v) is 6.35. The normalized spacial score (nSPS) is 24.3. The van der Waals surface area contributed by atoms with Crippen molar-refractivity contribution in [3.8, 4) is 0 Å². The maximum Gasteiger partial charge on any atom is 0.224 e. The Bertz CT molecular complexity index is 457. The maximum absolute atomic E-state index is 11.4. The molecule has 1 unspecified atom stereocenters. The first-order chi connectivity index (χ1) is 8.42. The van der Waals surface area contributed by atoms with Crippen LogP contribution in [0.5, 0.6) is 0 Å². The summed E-state index contributed by atoms with van der Waals surface area (Å²) in [4.78, 5) is 13.6. The molecule has 0 bridgehead atoms. The van der Waals surface area contributed by atoms with E-state index in [0.29, 0.717) is 23.8 Å². The lowest BCUT2D eigenvalue weighted by Crippen LogP contribution is -2.37. The van der Waals surface area contributed by atoms with Crippen LogP contribution in [0.3, 0.4) is 0 Å². The van der Waals surface area contributed by atoms with E-state index in [0.717, 1.165) is 18.5 Å². The summed E-state index contributed by atoms with van der Waals surface area (Å²) in [6, 6.07) is 5.50. The van der Waals surface area contributed by atoms with E-state index in [1.165, 1.54) is 0 Å². The third-order valence-corrected chi connectivity index (χ3v) is 4.04. The fourth-order valence-electron chi connectivity index (χ4n) is 2.36. The van der Waals surface area contributed by atoms with Crippen LogP contribution in [0, 0.1) is 5.41 Å². The molecule has 0 saturated carbocycles. The highest BCUT2D eigenvalue weighted by molar-refractivity contribution is 6.31. The van der Waals surface area contributed by atoms with Crippen molar-refractivity contribution in [2.45, 2.75) is 19.9 Å². The molecule has 1 aromatic rings. The summed E-state index contributed by atoms with van der Waals surface area (Å²) in [5, 5.41) is 0.669. The second-order valence-electron chi connectivity index (χ2n) is 5.19. The van der Waals surface area contributed by atoms with Gasteiger partial charge in [-0.25, -0.2) is 0 Å². The number of primary amides is 1. The first kappa shape index (κ1) is 13.2. The number of nitrogen functional groups attached to an aromatic ring is 1. The number of anilines is 1. The van der Waals surface area contributed by atoms with Crippen LogP contribution < -0.4 is 11.5 Å². The molecule has 0 aliphatic carbocycles. The molecule has 1 amide bonds. The molecule has 0 aromatic heterocycles. The smallest absolute Gasteiger partial charge is 0.224 e. The lowest BCUT2D eigenvalue weighted by molar-refractivity contribution is -0.126. The van der Waals surface area contributed by atoms with Crippen LogP contribution in [0.25, 0.3) is 0 Å². The van der Waals surface area contributed by atoms with Gasteiger partial charge in [0.25, 0.3) is 0 Å². The molecule has 1 aliphatic heterocycles. The third kappa shape index (κ3) is 2.44. The Morgan fingerprint density at radius 1 is 1.56 bits per heavy atom. The van der Waals surface area contributed by atoms with Gasteiger partial charge in [0.15, 0.2) is 0 Å². The SMILES string of the molecule is CC1(C(N)=O)CCN(Cc2c(N)cccc2Cl)C1. The molecule has 5 heteroatoms. The van der Waals surface area contributed by atoms with Gasteiger partial charge in [0, 0.05) is 29.4 Å². The van der Waals surface area contributed by atoms with E-state index in [9.17, 15) is 4.79 Å². The first-order valence-electron chi connectivity index (χ1n) is 5.97. The van der Waals surface area contributed by atoms with Gasteiger partial charge in [-0.05, 0) is 32.0 Å². The summed E-state index contributed by atoms with van der Waals surface area (Å²) >= 11 is 6.14. The fraction of sp³-hybridized carbons (Fsp3) is 0.462. The van der Waals surface area contributed by atoms with Crippen molar-refractivity contribution in [2.24, 2.45) is 11.1 Å². The number of amides is 1. The Balaban J connectivity index is 2.11. The van der Waals surface area contributed by atoms with Crippen LogP contribution >= 0.6 is 11.6 Å². The molecule has 0 spiro atoms. The molecule has 1 saturated heterocycles. The summed E-state index contributed by atoms with van der Waals surface area (Å²) in [5.74, 6) is -0.239. The maximum atomic E-state index is 11.4.